The summed E-state index contributed by atoms with van der Waals surface area (Å²) in [4.78, 5) is 6.95. The number of fused-ring (bicyclic) bond motifs is 1. The second kappa shape index (κ2) is 5.19. The lowest BCUT2D eigenvalue weighted by atomic mass is 10.0. The summed E-state index contributed by atoms with van der Waals surface area (Å²) in [6.45, 7) is 9.08. The fraction of sp³-hybridized carbons (Fsp3) is 0.533. The summed E-state index contributed by atoms with van der Waals surface area (Å²) < 4.78 is 1.29. The molecule has 3 atom stereocenters. The average Bonchev–Trinajstić information content (AvgIpc) is 2.88. The maximum Gasteiger partial charge on any atom is 0.0812 e. The molecule has 2 aromatic rings. The van der Waals surface area contributed by atoms with Crippen LogP contribution in [0.2, 0.25) is 0 Å². The SMILES string of the molecule is CC(c1ccc2ncsc2c1)N1C[C@H](C)NC[C@H]1C. The molecule has 0 saturated carbocycles. The largest absolute Gasteiger partial charge is 0.311 e. The normalized spacial score (nSPS) is 26.7. The Balaban J connectivity index is 1.87. The maximum absolute atomic E-state index is 4.35. The van der Waals surface area contributed by atoms with Crippen LogP contribution >= 0.6 is 11.3 Å². The molecule has 0 amide bonds. The van der Waals surface area contributed by atoms with Gasteiger partial charge < -0.3 is 5.32 Å². The fourth-order valence-electron chi connectivity index (χ4n) is 2.91. The molecule has 19 heavy (non-hydrogen) atoms. The molecule has 102 valence electrons. The molecule has 1 N–H and O–H groups in total. The van der Waals surface area contributed by atoms with E-state index in [1.807, 2.05) is 5.51 Å². The highest BCUT2D eigenvalue weighted by Crippen LogP contribution is 2.28. The highest BCUT2D eigenvalue weighted by Gasteiger charge is 2.27. The van der Waals surface area contributed by atoms with E-state index >= 15 is 0 Å². The van der Waals surface area contributed by atoms with Crippen LogP contribution in [0, 0.1) is 0 Å². The minimum atomic E-state index is 0.464. The van der Waals surface area contributed by atoms with Crippen LogP contribution in [0.5, 0.6) is 0 Å². The van der Waals surface area contributed by atoms with E-state index in [0.29, 0.717) is 18.1 Å². The first-order valence-corrected chi connectivity index (χ1v) is 7.85. The number of hydrogen-bond acceptors (Lipinski definition) is 4. The highest BCUT2D eigenvalue weighted by molar-refractivity contribution is 7.16. The number of nitrogens with zero attached hydrogens (tertiary/aromatic N) is 2. The Bertz CT molecular complexity index is 565. The maximum atomic E-state index is 4.35. The molecular formula is C15H21N3S. The van der Waals surface area contributed by atoms with Gasteiger partial charge in [-0.2, -0.15) is 0 Å². The van der Waals surface area contributed by atoms with E-state index < -0.39 is 0 Å². The van der Waals surface area contributed by atoms with Crippen LogP contribution < -0.4 is 5.32 Å². The number of nitrogens with one attached hydrogen (secondary N) is 1. The lowest BCUT2D eigenvalue weighted by molar-refractivity contribution is 0.103. The molecule has 3 nitrogen and oxygen atoms in total. The van der Waals surface area contributed by atoms with Gasteiger partial charge in [0.2, 0.25) is 0 Å². The van der Waals surface area contributed by atoms with Crippen molar-refractivity contribution in [3.63, 3.8) is 0 Å². The summed E-state index contributed by atoms with van der Waals surface area (Å²) >= 11 is 1.72. The summed E-state index contributed by atoms with van der Waals surface area (Å²) in [5, 5.41) is 3.54. The molecular weight excluding hydrogens is 254 g/mol. The number of piperazine rings is 1. The lowest BCUT2D eigenvalue weighted by Gasteiger charge is -2.41. The van der Waals surface area contributed by atoms with E-state index in [9.17, 15) is 0 Å². The molecule has 0 radical (unpaired) electrons. The van der Waals surface area contributed by atoms with Gasteiger partial charge in [0.15, 0.2) is 0 Å². The predicted molar refractivity (Wildman–Crippen MR) is 81.7 cm³/mol. The zero-order chi connectivity index (χ0) is 13.4. The summed E-state index contributed by atoms with van der Waals surface area (Å²) in [6.07, 6.45) is 0. The van der Waals surface area contributed by atoms with E-state index in [0.717, 1.165) is 18.6 Å². The fourth-order valence-corrected chi connectivity index (χ4v) is 3.64. The molecule has 2 heterocycles. The van der Waals surface area contributed by atoms with Crippen molar-refractivity contribution in [3.05, 3.63) is 29.3 Å². The van der Waals surface area contributed by atoms with Gasteiger partial charge in [0.25, 0.3) is 0 Å². The first kappa shape index (κ1) is 13.0. The Labute approximate surface area is 118 Å². The van der Waals surface area contributed by atoms with Crippen LogP contribution in [0.15, 0.2) is 23.7 Å². The van der Waals surface area contributed by atoms with Gasteiger partial charge in [0, 0.05) is 31.2 Å². The second-order valence-electron chi connectivity index (χ2n) is 5.61. The Morgan fingerprint density at radius 1 is 1.42 bits per heavy atom. The molecule has 0 aliphatic carbocycles. The van der Waals surface area contributed by atoms with Gasteiger partial charge in [-0.15, -0.1) is 11.3 Å². The quantitative estimate of drug-likeness (QED) is 0.913. The van der Waals surface area contributed by atoms with Crippen LogP contribution in [0.25, 0.3) is 10.2 Å². The summed E-state index contributed by atoms with van der Waals surface area (Å²) in [6, 6.07) is 8.30. The number of rotatable bonds is 2. The van der Waals surface area contributed by atoms with E-state index in [-0.39, 0.29) is 0 Å². The Kier molecular flexibility index (Phi) is 3.56. The van der Waals surface area contributed by atoms with Crippen molar-refractivity contribution < 1.29 is 0 Å². The van der Waals surface area contributed by atoms with Crippen LogP contribution in [0.1, 0.15) is 32.4 Å². The molecule has 1 fully saturated rings. The van der Waals surface area contributed by atoms with Gasteiger partial charge in [0.1, 0.15) is 0 Å². The standard InChI is InChI=1S/C15H21N3S/c1-10-8-18(11(2)7-16-10)12(3)13-4-5-14-15(6-13)19-9-17-14/h4-6,9-12,16H,7-8H2,1-3H3/t10-,11+,12?/m0/s1. The topological polar surface area (TPSA) is 28.2 Å². The molecule has 4 heteroatoms. The number of thiazole rings is 1. The third-order valence-electron chi connectivity index (χ3n) is 4.15. The highest BCUT2D eigenvalue weighted by atomic mass is 32.1. The average molecular weight is 275 g/mol. The monoisotopic (exact) mass is 275 g/mol. The Morgan fingerprint density at radius 2 is 2.26 bits per heavy atom. The summed E-state index contributed by atoms with van der Waals surface area (Å²) in [5.41, 5.74) is 4.44. The number of aromatic nitrogens is 1. The van der Waals surface area contributed by atoms with Crippen LogP contribution in [0.4, 0.5) is 0 Å². The van der Waals surface area contributed by atoms with E-state index in [4.69, 9.17) is 0 Å². The summed E-state index contributed by atoms with van der Waals surface area (Å²) in [7, 11) is 0. The Hall–Kier alpha value is -0.970. The van der Waals surface area contributed by atoms with E-state index in [1.54, 1.807) is 11.3 Å². The first-order valence-electron chi connectivity index (χ1n) is 6.97. The van der Waals surface area contributed by atoms with Crippen molar-refractivity contribution >= 4 is 21.6 Å². The number of hydrogen-bond donors (Lipinski definition) is 1. The molecule has 0 spiro atoms. The van der Waals surface area contributed by atoms with Crippen molar-refractivity contribution in [3.8, 4) is 0 Å². The van der Waals surface area contributed by atoms with Crippen LogP contribution in [-0.2, 0) is 0 Å². The smallest absolute Gasteiger partial charge is 0.0812 e. The van der Waals surface area contributed by atoms with Crippen LogP contribution in [0.3, 0.4) is 0 Å². The van der Waals surface area contributed by atoms with Gasteiger partial charge in [-0.1, -0.05) is 6.07 Å². The van der Waals surface area contributed by atoms with Crippen molar-refractivity contribution in [2.75, 3.05) is 13.1 Å². The second-order valence-corrected chi connectivity index (χ2v) is 6.50. The number of benzene rings is 1. The third-order valence-corrected chi connectivity index (χ3v) is 4.94. The summed E-state index contributed by atoms with van der Waals surface area (Å²) in [5.74, 6) is 0. The van der Waals surface area contributed by atoms with Gasteiger partial charge >= 0.3 is 0 Å². The Morgan fingerprint density at radius 3 is 3.11 bits per heavy atom. The zero-order valence-corrected chi connectivity index (χ0v) is 12.6. The van der Waals surface area contributed by atoms with Crippen molar-refractivity contribution in [1.82, 2.24) is 15.2 Å². The lowest BCUT2D eigenvalue weighted by Crippen LogP contribution is -2.54. The molecule has 1 aliphatic heterocycles. The van der Waals surface area contributed by atoms with Gasteiger partial charge in [-0.25, -0.2) is 4.98 Å². The first-order chi connectivity index (χ1) is 9.15. The zero-order valence-electron chi connectivity index (χ0n) is 11.8. The van der Waals surface area contributed by atoms with E-state index in [2.05, 4.69) is 54.2 Å². The van der Waals surface area contributed by atoms with Crippen molar-refractivity contribution in [2.24, 2.45) is 0 Å². The predicted octanol–water partition coefficient (Wildman–Crippen LogP) is 3.04. The molecule has 0 bridgehead atoms. The van der Waals surface area contributed by atoms with Crippen LogP contribution in [-0.4, -0.2) is 35.1 Å². The molecule has 3 rings (SSSR count). The van der Waals surface area contributed by atoms with Crippen molar-refractivity contribution in [2.45, 2.75) is 38.9 Å². The van der Waals surface area contributed by atoms with E-state index in [1.165, 1.54) is 10.3 Å². The van der Waals surface area contributed by atoms with Gasteiger partial charge in [-0.05, 0) is 38.5 Å². The molecule has 1 aromatic heterocycles. The molecule has 1 saturated heterocycles. The molecule has 1 aliphatic rings. The molecule has 1 aromatic carbocycles. The minimum Gasteiger partial charge on any atom is -0.311 e. The molecule has 1 unspecified atom stereocenters. The third kappa shape index (κ3) is 2.53. The minimum absolute atomic E-state index is 0.464. The van der Waals surface area contributed by atoms with Gasteiger partial charge in [0.05, 0.1) is 15.7 Å². The van der Waals surface area contributed by atoms with Gasteiger partial charge in [-0.3, -0.25) is 4.90 Å². The van der Waals surface area contributed by atoms with Crippen molar-refractivity contribution in [1.29, 1.82) is 0 Å².